The molecule has 0 amide bonds. The topological polar surface area (TPSA) is 36.4 Å². The lowest BCUT2D eigenvalue weighted by atomic mass is 10.2. The minimum absolute atomic E-state index is 0.299. The van der Waals surface area contributed by atoms with Gasteiger partial charge in [-0.1, -0.05) is 6.07 Å². The standard InChI is InChI=1S/C14H20N2OS2/c1-10(2)16(8-11(3)17)9-12-7-15-14(19-12)13-5-4-6-18-13/h4-7,10-11,17H,8-9H2,1-3H3. The largest absolute Gasteiger partial charge is 0.392 e. The highest BCUT2D eigenvalue weighted by Crippen LogP contribution is 2.29. The van der Waals surface area contributed by atoms with Crippen LogP contribution in [0.15, 0.2) is 23.7 Å². The van der Waals surface area contributed by atoms with Gasteiger partial charge in [0.1, 0.15) is 5.01 Å². The van der Waals surface area contributed by atoms with Crippen molar-refractivity contribution in [2.75, 3.05) is 6.54 Å². The summed E-state index contributed by atoms with van der Waals surface area (Å²) in [7, 11) is 0. The molecule has 2 aromatic heterocycles. The van der Waals surface area contributed by atoms with Gasteiger partial charge in [-0.15, -0.1) is 22.7 Å². The minimum Gasteiger partial charge on any atom is -0.392 e. The van der Waals surface area contributed by atoms with E-state index in [1.807, 2.05) is 13.1 Å². The van der Waals surface area contributed by atoms with Gasteiger partial charge in [-0.25, -0.2) is 4.98 Å². The van der Waals surface area contributed by atoms with E-state index in [1.54, 1.807) is 22.7 Å². The first-order chi connectivity index (χ1) is 9.06. The Bertz CT molecular complexity index is 491. The average molecular weight is 296 g/mol. The van der Waals surface area contributed by atoms with Gasteiger partial charge >= 0.3 is 0 Å². The molecular formula is C14H20N2OS2. The quantitative estimate of drug-likeness (QED) is 0.887. The van der Waals surface area contributed by atoms with Crippen molar-refractivity contribution in [3.8, 4) is 9.88 Å². The van der Waals surface area contributed by atoms with Crippen LogP contribution < -0.4 is 0 Å². The Hall–Kier alpha value is -0.750. The summed E-state index contributed by atoms with van der Waals surface area (Å²) in [5.74, 6) is 0. The van der Waals surface area contributed by atoms with E-state index >= 15 is 0 Å². The van der Waals surface area contributed by atoms with Gasteiger partial charge in [0.2, 0.25) is 0 Å². The lowest BCUT2D eigenvalue weighted by molar-refractivity contribution is 0.103. The molecule has 0 aliphatic heterocycles. The molecule has 0 radical (unpaired) electrons. The van der Waals surface area contributed by atoms with Gasteiger partial charge in [0.15, 0.2) is 0 Å². The highest BCUT2D eigenvalue weighted by Gasteiger charge is 2.14. The average Bonchev–Trinajstić information content (AvgIpc) is 2.97. The third-order valence-corrected chi connectivity index (χ3v) is 4.89. The number of thiophene rings is 1. The Morgan fingerprint density at radius 1 is 1.37 bits per heavy atom. The van der Waals surface area contributed by atoms with Gasteiger partial charge in [-0.3, -0.25) is 4.90 Å². The van der Waals surface area contributed by atoms with Crippen molar-refractivity contribution in [2.24, 2.45) is 0 Å². The van der Waals surface area contributed by atoms with E-state index in [1.165, 1.54) is 9.75 Å². The molecule has 0 aliphatic rings. The maximum absolute atomic E-state index is 9.55. The fourth-order valence-corrected chi connectivity index (χ4v) is 3.63. The Morgan fingerprint density at radius 2 is 2.16 bits per heavy atom. The Labute approximate surface area is 122 Å². The van der Waals surface area contributed by atoms with Crippen LogP contribution >= 0.6 is 22.7 Å². The molecule has 104 valence electrons. The van der Waals surface area contributed by atoms with Gasteiger partial charge < -0.3 is 5.11 Å². The van der Waals surface area contributed by atoms with E-state index < -0.39 is 0 Å². The van der Waals surface area contributed by atoms with Crippen LogP contribution in [0.25, 0.3) is 9.88 Å². The molecule has 0 aliphatic carbocycles. The van der Waals surface area contributed by atoms with Crippen molar-refractivity contribution in [1.29, 1.82) is 0 Å². The molecule has 0 spiro atoms. The molecule has 0 bridgehead atoms. The molecular weight excluding hydrogens is 276 g/mol. The van der Waals surface area contributed by atoms with E-state index in [2.05, 4.69) is 41.2 Å². The Morgan fingerprint density at radius 3 is 2.74 bits per heavy atom. The van der Waals surface area contributed by atoms with Crippen molar-refractivity contribution >= 4 is 22.7 Å². The van der Waals surface area contributed by atoms with Gasteiger partial charge in [0.05, 0.1) is 11.0 Å². The zero-order valence-corrected chi connectivity index (χ0v) is 13.2. The SMILES string of the molecule is CC(O)CN(Cc1cnc(-c2cccs2)s1)C(C)C. The summed E-state index contributed by atoms with van der Waals surface area (Å²) in [6.07, 6.45) is 1.66. The number of thiazole rings is 1. The van der Waals surface area contributed by atoms with Crippen molar-refractivity contribution in [1.82, 2.24) is 9.88 Å². The fraction of sp³-hybridized carbons (Fsp3) is 0.500. The lowest BCUT2D eigenvalue weighted by Crippen LogP contribution is -2.35. The first-order valence-corrected chi connectivity index (χ1v) is 8.16. The third-order valence-electron chi connectivity index (χ3n) is 2.87. The number of aromatic nitrogens is 1. The van der Waals surface area contributed by atoms with Gasteiger partial charge in [0, 0.05) is 30.2 Å². The van der Waals surface area contributed by atoms with E-state index in [-0.39, 0.29) is 6.10 Å². The molecule has 0 fully saturated rings. The molecule has 1 atom stereocenters. The number of aliphatic hydroxyl groups excluding tert-OH is 1. The normalized spacial score (nSPS) is 13.4. The number of hydrogen-bond donors (Lipinski definition) is 1. The monoisotopic (exact) mass is 296 g/mol. The van der Waals surface area contributed by atoms with E-state index in [0.717, 1.165) is 11.6 Å². The van der Waals surface area contributed by atoms with E-state index in [9.17, 15) is 5.11 Å². The highest BCUT2D eigenvalue weighted by molar-refractivity contribution is 7.20. The summed E-state index contributed by atoms with van der Waals surface area (Å²) in [6, 6.07) is 4.57. The van der Waals surface area contributed by atoms with Crippen LogP contribution in [0.4, 0.5) is 0 Å². The van der Waals surface area contributed by atoms with Crippen LogP contribution in [0.2, 0.25) is 0 Å². The summed E-state index contributed by atoms with van der Waals surface area (Å²) in [5.41, 5.74) is 0. The fourth-order valence-electron chi connectivity index (χ4n) is 1.89. The molecule has 3 nitrogen and oxygen atoms in total. The van der Waals surface area contributed by atoms with E-state index in [0.29, 0.717) is 12.6 Å². The number of rotatable bonds is 6. The summed E-state index contributed by atoms with van der Waals surface area (Å²) >= 11 is 3.46. The summed E-state index contributed by atoms with van der Waals surface area (Å²) < 4.78 is 0. The van der Waals surface area contributed by atoms with E-state index in [4.69, 9.17) is 0 Å². The number of nitrogens with zero attached hydrogens (tertiary/aromatic N) is 2. The predicted octanol–water partition coefficient (Wildman–Crippen LogP) is 3.46. The molecule has 2 heterocycles. The molecule has 0 saturated heterocycles. The molecule has 1 N–H and O–H groups in total. The van der Waals surface area contributed by atoms with Crippen LogP contribution in [0.3, 0.4) is 0 Å². The Kier molecular flexibility index (Phi) is 5.10. The molecule has 2 rings (SSSR count). The maximum atomic E-state index is 9.55. The zero-order chi connectivity index (χ0) is 13.8. The van der Waals surface area contributed by atoms with Crippen LogP contribution in [0, 0.1) is 0 Å². The summed E-state index contributed by atoms with van der Waals surface area (Å²) in [6.45, 7) is 7.70. The lowest BCUT2D eigenvalue weighted by Gasteiger charge is -2.26. The second kappa shape index (κ2) is 6.61. The first-order valence-electron chi connectivity index (χ1n) is 6.47. The van der Waals surface area contributed by atoms with Crippen LogP contribution in [-0.4, -0.2) is 33.7 Å². The second-order valence-electron chi connectivity index (χ2n) is 4.98. The highest BCUT2D eigenvalue weighted by atomic mass is 32.1. The van der Waals surface area contributed by atoms with Crippen molar-refractivity contribution < 1.29 is 5.11 Å². The first kappa shape index (κ1) is 14.7. The second-order valence-corrected chi connectivity index (χ2v) is 7.04. The van der Waals surface area contributed by atoms with Crippen LogP contribution in [0.1, 0.15) is 25.6 Å². The van der Waals surface area contributed by atoms with Crippen molar-refractivity contribution in [2.45, 2.75) is 39.5 Å². The molecule has 5 heteroatoms. The maximum Gasteiger partial charge on any atom is 0.133 e. The minimum atomic E-state index is -0.299. The Balaban J connectivity index is 2.06. The molecule has 0 saturated carbocycles. The smallest absolute Gasteiger partial charge is 0.133 e. The summed E-state index contributed by atoms with van der Waals surface area (Å²) in [4.78, 5) is 9.24. The predicted molar refractivity (Wildman–Crippen MR) is 82.7 cm³/mol. The van der Waals surface area contributed by atoms with Crippen LogP contribution in [0.5, 0.6) is 0 Å². The number of aliphatic hydroxyl groups is 1. The molecule has 2 aromatic rings. The molecule has 19 heavy (non-hydrogen) atoms. The van der Waals surface area contributed by atoms with Crippen LogP contribution in [-0.2, 0) is 6.54 Å². The van der Waals surface area contributed by atoms with Crippen molar-refractivity contribution in [3.63, 3.8) is 0 Å². The van der Waals surface area contributed by atoms with Gasteiger partial charge in [-0.05, 0) is 32.2 Å². The van der Waals surface area contributed by atoms with Gasteiger partial charge in [-0.2, -0.15) is 0 Å². The van der Waals surface area contributed by atoms with Crippen molar-refractivity contribution in [3.05, 3.63) is 28.6 Å². The third kappa shape index (κ3) is 4.11. The molecule has 1 unspecified atom stereocenters. The molecule has 0 aromatic carbocycles. The zero-order valence-electron chi connectivity index (χ0n) is 11.5. The summed E-state index contributed by atoms with van der Waals surface area (Å²) in [5, 5.41) is 12.7. The van der Waals surface area contributed by atoms with Gasteiger partial charge in [0.25, 0.3) is 0 Å². The number of hydrogen-bond acceptors (Lipinski definition) is 5.